The van der Waals surface area contributed by atoms with Crippen LogP contribution in [0.3, 0.4) is 0 Å². The summed E-state index contributed by atoms with van der Waals surface area (Å²) in [7, 11) is 0. The fourth-order valence-electron chi connectivity index (χ4n) is 1.56. The van der Waals surface area contributed by atoms with Gasteiger partial charge in [0.2, 0.25) is 0 Å². The van der Waals surface area contributed by atoms with Crippen LogP contribution >= 0.6 is 22.7 Å². The van der Waals surface area contributed by atoms with Gasteiger partial charge in [-0.3, -0.25) is 4.79 Å². The average molecular weight is 249 g/mol. The molecule has 3 aromatic heterocycles. The van der Waals surface area contributed by atoms with Crippen molar-refractivity contribution < 1.29 is 0 Å². The molecule has 0 bridgehead atoms. The van der Waals surface area contributed by atoms with Gasteiger partial charge in [-0.25, -0.2) is 0 Å². The van der Waals surface area contributed by atoms with E-state index in [9.17, 15) is 4.79 Å². The molecule has 0 aromatic carbocycles. The topological polar surface area (TPSA) is 60.9 Å². The normalized spacial score (nSPS) is 11.0. The predicted octanol–water partition coefficient (Wildman–Crippen LogP) is 1.90. The molecule has 3 rings (SSSR count). The first kappa shape index (κ1) is 9.56. The van der Waals surface area contributed by atoms with Gasteiger partial charge in [0.1, 0.15) is 5.69 Å². The van der Waals surface area contributed by atoms with E-state index in [4.69, 9.17) is 5.84 Å². The SMILES string of the molecule is Nn1nc(-c2cccs2)c2sccc2c1=O. The zero-order chi connectivity index (χ0) is 11.1. The fraction of sp³-hybridized carbons (Fsp3) is 0. The quantitative estimate of drug-likeness (QED) is 0.670. The maximum absolute atomic E-state index is 11.7. The van der Waals surface area contributed by atoms with Gasteiger partial charge in [0.15, 0.2) is 0 Å². The third-order valence-electron chi connectivity index (χ3n) is 2.28. The van der Waals surface area contributed by atoms with Gasteiger partial charge in [-0.1, -0.05) is 6.07 Å². The van der Waals surface area contributed by atoms with E-state index in [1.54, 1.807) is 17.4 Å². The Morgan fingerprint density at radius 3 is 2.88 bits per heavy atom. The molecule has 0 atom stereocenters. The number of aromatic nitrogens is 2. The molecule has 2 N–H and O–H groups in total. The second-order valence-electron chi connectivity index (χ2n) is 3.24. The lowest BCUT2D eigenvalue weighted by Gasteiger charge is -2.01. The van der Waals surface area contributed by atoms with Crippen LogP contribution in [0.5, 0.6) is 0 Å². The number of hydrogen-bond donors (Lipinski definition) is 1. The Morgan fingerprint density at radius 1 is 1.25 bits per heavy atom. The van der Waals surface area contributed by atoms with Gasteiger partial charge in [0.05, 0.1) is 15.0 Å². The minimum Gasteiger partial charge on any atom is -0.320 e. The van der Waals surface area contributed by atoms with Crippen molar-refractivity contribution >= 4 is 32.8 Å². The van der Waals surface area contributed by atoms with Crippen molar-refractivity contribution in [3.05, 3.63) is 39.3 Å². The molecule has 0 fully saturated rings. The molecular formula is C10H7N3OS2. The third-order valence-corrected chi connectivity index (χ3v) is 4.08. The number of nitrogen functional groups attached to an aromatic ring is 1. The average Bonchev–Trinajstić information content (AvgIpc) is 2.93. The summed E-state index contributed by atoms with van der Waals surface area (Å²) in [6, 6.07) is 5.70. The van der Waals surface area contributed by atoms with E-state index in [2.05, 4.69) is 5.10 Å². The van der Waals surface area contributed by atoms with E-state index in [0.29, 0.717) is 5.39 Å². The van der Waals surface area contributed by atoms with E-state index in [0.717, 1.165) is 20.1 Å². The second kappa shape index (κ2) is 3.43. The molecule has 0 amide bonds. The van der Waals surface area contributed by atoms with Crippen molar-refractivity contribution in [1.29, 1.82) is 0 Å². The van der Waals surface area contributed by atoms with Crippen molar-refractivity contribution in [3.8, 4) is 10.6 Å². The predicted molar refractivity (Wildman–Crippen MR) is 67.3 cm³/mol. The molecule has 16 heavy (non-hydrogen) atoms. The van der Waals surface area contributed by atoms with Gasteiger partial charge in [-0.15, -0.1) is 32.6 Å². The first-order valence-electron chi connectivity index (χ1n) is 4.57. The van der Waals surface area contributed by atoms with Crippen LogP contribution in [0, 0.1) is 0 Å². The summed E-state index contributed by atoms with van der Waals surface area (Å²) in [6.07, 6.45) is 0. The minimum absolute atomic E-state index is 0.253. The molecule has 80 valence electrons. The smallest absolute Gasteiger partial charge is 0.294 e. The van der Waals surface area contributed by atoms with Crippen LogP contribution in [0.25, 0.3) is 20.7 Å². The molecule has 3 aromatic rings. The number of hydrogen-bond acceptors (Lipinski definition) is 5. The number of nitrogens with two attached hydrogens (primary N) is 1. The van der Waals surface area contributed by atoms with E-state index in [1.807, 2.05) is 22.9 Å². The summed E-state index contributed by atoms with van der Waals surface area (Å²) in [6.45, 7) is 0. The zero-order valence-electron chi connectivity index (χ0n) is 8.08. The summed E-state index contributed by atoms with van der Waals surface area (Å²) in [5.41, 5.74) is 0.527. The molecule has 4 nitrogen and oxygen atoms in total. The Bertz CT molecular complexity index is 696. The van der Waals surface area contributed by atoms with Gasteiger partial charge < -0.3 is 5.84 Å². The van der Waals surface area contributed by atoms with Crippen molar-refractivity contribution in [2.24, 2.45) is 0 Å². The van der Waals surface area contributed by atoms with E-state index in [1.165, 1.54) is 11.3 Å². The van der Waals surface area contributed by atoms with Crippen LogP contribution in [0.2, 0.25) is 0 Å². The summed E-state index contributed by atoms with van der Waals surface area (Å²) in [4.78, 5) is 13.6. The van der Waals surface area contributed by atoms with E-state index < -0.39 is 0 Å². The fourth-order valence-corrected chi connectivity index (χ4v) is 3.22. The standard InChI is InChI=1S/C10H7N3OS2/c11-13-10(14)6-3-5-16-9(6)8(12-13)7-2-1-4-15-7/h1-5H,11H2. The lowest BCUT2D eigenvalue weighted by molar-refractivity contribution is 0.783. The first-order chi connectivity index (χ1) is 7.77. The maximum Gasteiger partial charge on any atom is 0.294 e. The summed E-state index contributed by atoms with van der Waals surface area (Å²) < 4.78 is 0.897. The van der Waals surface area contributed by atoms with Crippen molar-refractivity contribution in [2.75, 3.05) is 5.84 Å². The summed E-state index contributed by atoms with van der Waals surface area (Å²) in [5, 5.41) is 8.60. The van der Waals surface area contributed by atoms with Crippen LogP contribution < -0.4 is 11.4 Å². The molecular weight excluding hydrogens is 242 g/mol. The lowest BCUT2D eigenvalue weighted by atomic mass is 10.3. The second-order valence-corrected chi connectivity index (χ2v) is 5.10. The molecule has 0 aliphatic carbocycles. The van der Waals surface area contributed by atoms with Gasteiger partial charge in [-0.2, -0.15) is 0 Å². The maximum atomic E-state index is 11.7. The highest BCUT2D eigenvalue weighted by Crippen LogP contribution is 2.31. The van der Waals surface area contributed by atoms with Crippen LogP contribution in [0.15, 0.2) is 33.8 Å². The molecule has 0 unspecified atom stereocenters. The number of fused-ring (bicyclic) bond motifs is 1. The van der Waals surface area contributed by atoms with Crippen LogP contribution in [-0.4, -0.2) is 9.89 Å². The summed E-state index contributed by atoms with van der Waals surface area (Å²) in [5.74, 6) is 5.55. The monoisotopic (exact) mass is 249 g/mol. The van der Waals surface area contributed by atoms with Gasteiger partial charge >= 0.3 is 0 Å². The number of rotatable bonds is 1. The molecule has 0 spiro atoms. The van der Waals surface area contributed by atoms with Crippen molar-refractivity contribution in [1.82, 2.24) is 9.89 Å². The van der Waals surface area contributed by atoms with Crippen LogP contribution in [0.1, 0.15) is 0 Å². The number of thiophene rings is 2. The number of nitrogens with zero attached hydrogens (tertiary/aromatic N) is 2. The Kier molecular flexibility index (Phi) is 2.05. The summed E-state index contributed by atoms with van der Waals surface area (Å²) >= 11 is 3.09. The highest BCUT2D eigenvalue weighted by molar-refractivity contribution is 7.19. The Morgan fingerprint density at radius 2 is 2.12 bits per heavy atom. The van der Waals surface area contributed by atoms with Crippen molar-refractivity contribution in [3.63, 3.8) is 0 Å². The lowest BCUT2D eigenvalue weighted by Crippen LogP contribution is -2.29. The van der Waals surface area contributed by atoms with E-state index in [-0.39, 0.29) is 5.56 Å². The Hall–Kier alpha value is -1.66. The van der Waals surface area contributed by atoms with Gasteiger partial charge in [0.25, 0.3) is 5.56 Å². The molecule has 0 aliphatic rings. The molecule has 0 saturated carbocycles. The van der Waals surface area contributed by atoms with E-state index >= 15 is 0 Å². The highest BCUT2D eigenvalue weighted by atomic mass is 32.1. The molecule has 3 heterocycles. The largest absolute Gasteiger partial charge is 0.320 e. The molecule has 0 aliphatic heterocycles. The molecule has 6 heteroatoms. The van der Waals surface area contributed by atoms with Gasteiger partial charge in [-0.05, 0) is 22.9 Å². The Labute approximate surface area is 98.5 Å². The molecule has 0 saturated heterocycles. The van der Waals surface area contributed by atoms with Crippen LogP contribution in [-0.2, 0) is 0 Å². The first-order valence-corrected chi connectivity index (χ1v) is 6.33. The molecule has 0 radical (unpaired) electrons. The van der Waals surface area contributed by atoms with Gasteiger partial charge in [0, 0.05) is 0 Å². The van der Waals surface area contributed by atoms with Crippen molar-refractivity contribution in [2.45, 2.75) is 0 Å². The third kappa shape index (κ3) is 1.27. The Balaban J connectivity index is 2.46. The highest BCUT2D eigenvalue weighted by Gasteiger charge is 2.12. The minimum atomic E-state index is -0.253. The van der Waals surface area contributed by atoms with Crippen LogP contribution in [0.4, 0.5) is 0 Å². The zero-order valence-corrected chi connectivity index (χ0v) is 9.72.